The first-order chi connectivity index (χ1) is 11.7. The largest absolute Gasteiger partial charge is 0.478 e. The minimum Gasteiger partial charge on any atom is -0.478 e. The summed E-state index contributed by atoms with van der Waals surface area (Å²) in [6.45, 7) is 5.16. The smallest absolute Gasteiger partial charge is 0.407 e. The number of halogens is 1. The molecule has 25 heavy (non-hydrogen) atoms. The quantitative estimate of drug-likeness (QED) is 0.883. The fourth-order valence-electron chi connectivity index (χ4n) is 2.08. The number of carbonyl (C=O) groups excluding carboxylic acids is 1. The highest BCUT2D eigenvalue weighted by Gasteiger charge is 2.18. The highest BCUT2D eigenvalue weighted by molar-refractivity contribution is 5.90. The Labute approximate surface area is 144 Å². The van der Waals surface area contributed by atoms with Crippen LogP contribution in [0.3, 0.4) is 0 Å². The van der Waals surface area contributed by atoms with E-state index >= 15 is 0 Å². The Hall–Kier alpha value is -2.96. The normalized spacial score (nSPS) is 11.0. The van der Waals surface area contributed by atoms with Crippen LogP contribution in [-0.4, -0.2) is 27.8 Å². The first-order valence-electron chi connectivity index (χ1n) is 7.61. The van der Waals surface area contributed by atoms with Gasteiger partial charge in [-0.3, -0.25) is 4.98 Å². The summed E-state index contributed by atoms with van der Waals surface area (Å²) < 4.78 is 18.1. The number of ether oxygens (including phenoxy) is 1. The Morgan fingerprint density at radius 2 is 1.88 bits per heavy atom. The number of carbonyl (C=O) groups is 2. The molecule has 0 saturated heterocycles. The molecule has 0 saturated carbocycles. The lowest BCUT2D eigenvalue weighted by atomic mass is 10.1. The fourth-order valence-corrected chi connectivity index (χ4v) is 2.08. The number of aromatic nitrogens is 1. The van der Waals surface area contributed by atoms with E-state index in [1.807, 2.05) is 0 Å². The van der Waals surface area contributed by atoms with Crippen molar-refractivity contribution >= 4 is 12.1 Å². The monoisotopic (exact) mass is 346 g/mol. The maximum atomic E-state index is 13.0. The molecule has 1 aromatic carbocycles. The van der Waals surface area contributed by atoms with Crippen LogP contribution in [-0.2, 0) is 11.3 Å². The molecule has 0 aliphatic carbocycles. The maximum Gasteiger partial charge on any atom is 0.407 e. The molecule has 2 N–H and O–H groups in total. The molecule has 7 heteroatoms. The molecule has 1 aromatic heterocycles. The molecular weight excluding hydrogens is 327 g/mol. The average molecular weight is 346 g/mol. The molecule has 0 radical (unpaired) electrons. The van der Waals surface area contributed by atoms with E-state index in [2.05, 4.69) is 10.3 Å². The van der Waals surface area contributed by atoms with E-state index < -0.39 is 17.7 Å². The van der Waals surface area contributed by atoms with Gasteiger partial charge in [-0.2, -0.15) is 0 Å². The number of aromatic carboxylic acids is 1. The van der Waals surface area contributed by atoms with Crippen LogP contribution in [0.15, 0.2) is 36.5 Å². The van der Waals surface area contributed by atoms with Gasteiger partial charge in [-0.25, -0.2) is 14.0 Å². The first-order valence-corrected chi connectivity index (χ1v) is 7.61. The average Bonchev–Trinajstić information content (AvgIpc) is 2.52. The predicted molar refractivity (Wildman–Crippen MR) is 89.7 cm³/mol. The summed E-state index contributed by atoms with van der Waals surface area (Å²) in [5.41, 5.74) is 0.688. The van der Waals surface area contributed by atoms with Gasteiger partial charge < -0.3 is 15.2 Å². The zero-order chi connectivity index (χ0) is 18.6. The Balaban J connectivity index is 2.20. The maximum absolute atomic E-state index is 13.0. The summed E-state index contributed by atoms with van der Waals surface area (Å²) in [4.78, 5) is 27.4. The number of carboxylic acid groups (broad SMARTS) is 1. The van der Waals surface area contributed by atoms with Crippen LogP contribution in [0.5, 0.6) is 0 Å². The summed E-state index contributed by atoms with van der Waals surface area (Å²) in [6, 6.07) is 6.97. The second-order valence-corrected chi connectivity index (χ2v) is 6.39. The van der Waals surface area contributed by atoms with Crippen LogP contribution in [0, 0.1) is 5.82 Å². The topological polar surface area (TPSA) is 88.5 Å². The lowest BCUT2D eigenvalue weighted by molar-refractivity contribution is 0.0520. The van der Waals surface area contributed by atoms with Crippen molar-refractivity contribution in [1.29, 1.82) is 0 Å². The highest BCUT2D eigenvalue weighted by Crippen LogP contribution is 2.21. The molecule has 0 atom stereocenters. The van der Waals surface area contributed by atoms with Gasteiger partial charge in [0.2, 0.25) is 0 Å². The number of nitrogens with zero attached hydrogens (tertiary/aromatic N) is 1. The van der Waals surface area contributed by atoms with Gasteiger partial charge in [0, 0.05) is 23.9 Å². The molecule has 6 nitrogen and oxygen atoms in total. The van der Waals surface area contributed by atoms with Crippen LogP contribution < -0.4 is 5.32 Å². The van der Waals surface area contributed by atoms with Crippen molar-refractivity contribution in [3.63, 3.8) is 0 Å². The van der Waals surface area contributed by atoms with Gasteiger partial charge in [0.15, 0.2) is 0 Å². The van der Waals surface area contributed by atoms with Gasteiger partial charge in [-0.15, -0.1) is 0 Å². The molecule has 0 spiro atoms. The van der Waals surface area contributed by atoms with Crippen molar-refractivity contribution in [2.45, 2.75) is 32.9 Å². The van der Waals surface area contributed by atoms with Gasteiger partial charge in [-0.05, 0) is 51.1 Å². The number of carboxylic acids is 1. The third kappa shape index (κ3) is 5.27. The molecule has 0 bridgehead atoms. The van der Waals surface area contributed by atoms with E-state index in [0.717, 1.165) is 0 Å². The van der Waals surface area contributed by atoms with E-state index in [4.69, 9.17) is 4.74 Å². The SMILES string of the molecule is CC(C)(C)OC(=O)NCc1cnc(-c2ccc(F)cc2)cc1C(=O)O. The predicted octanol–water partition coefficient (Wildman–Crippen LogP) is 3.61. The number of amides is 1. The van der Waals surface area contributed by atoms with E-state index in [0.29, 0.717) is 16.8 Å². The molecule has 2 rings (SSSR count). The number of pyridine rings is 1. The van der Waals surface area contributed by atoms with Crippen LogP contribution in [0.1, 0.15) is 36.7 Å². The summed E-state index contributed by atoms with van der Waals surface area (Å²) >= 11 is 0. The summed E-state index contributed by atoms with van der Waals surface area (Å²) in [6.07, 6.45) is 0.728. The molecule has 0 aliphatic rings. The number of rotatable bonds is 4. The minimum absolute atomic E-state index is 0.00498. The summed E-state index contributed by atoms with van der Waals surface area (Å²) in [5, 5.41) is 11.9. The van der Waals surface area contributed by atoms with Crippen molar-refractivity contribution in [2.24, 2.45) is 0 Å². The van der Waals surface area contributed by atoms with E-state index in [-0.39, 0.29) is 17.9 Å². The zero-order valence-corrected chi connectivity index (χ0v) is 14.2. The summed E-state index contributed by atoms with van der Waals surface area (Å²) in [7, 11) is 0. The Morgan fingerprint density at radius 1 is 1.24 bits per heavy atom. The molecule has 132 valence electrons. The number of alkyl carbamates (subject to hydrolysis) is 1. The number of benzene rings is 1. The van der Waals surface area contributed by atoms with E-state index in [1.165, 1.54) is 36.5 Å². The minimum atomic E-state index is -1.15. The molecule has 2 aromatic rings. The fraction of sp³-hybridized carbons (Fsp3) is 0.278. The molecule has 0 aliphatic heterocycles. The van der Waals surface area contributed by atoms with Crippen molar-refractivity contribution in [2.75, 3.05) is 0 Å². The van der Waals surface area contributed by atoms with Gasteiger partial charge in [0.1, 0.15) is 11.4 Å². The third-order valence-corrected chi connectivity index (χ3v) is 3.18. The molecule has 1 heterocycles. The third-order valence-electron chi connectivity index (χ3n) is 3.18. The van der Waals surface area contributed by atoms with Crippen LogP contribution in [0.4, 0.5) is 9.18 Å². The molecule has 1 amide bonds. The van der Waals surface area contributed by atoms with Gasteiger partial charge >= 0.3 is 12.1 Å². The van der Waals surface area contributed by atoms with E-state index in [9.17, 15) is 19.1 Å². The zero-order valence-electron chi connectivity index (χ0n) is 14.2. The van der Waals surface area contributed by atoms with Crippen molar-refractivity contribution in [3.8, 4) is 11.3 Å². The number of hydrogen-bond donors (Lipinski definition) is 2. The Kier molecular flexibility index (Phi) is 5.36. The van der Waals surface area contributed by atoms with Crippen molar-refractivity contribution in [3.05, 3.63) is 53.5 Å². The summed E-state index contributed by atoms with van der Waals surface area (Å²) in [5.74, 6) is -1.54. The van der Waals surface area contributed by atoms with E-state index in [1.54, 1.807) is 20.8 Å². The first kappa shape index (κ1) is 18.4. The standard InChI is InChI=1S/C18H19FN2O4/c1-18(2,3)25-17(24)21-10-12-9-20-15(8-14(12)16(22)23)11-4-6-13(19)7-5-11/h4-9H,10H2,1-3H3,(H,21,24)(H,22,23). The second-order valence-electron chi connectivity index (χ2n) is 6.39. The lowest BCUT2D eigenvalue weighted by Gasteiger charge is -2.19. The second kappa shape index (κ2) is 7.29. The van der Waals surface area contributed by atoms with Gasteiger partial charge in [0.05, 0.1) is 11.3 Å². The Bertz CT molecular complexity index is 783. The van der Waals surface area contributed by atoms with Crippen LogP contribution in [0.2, 0.25) is 0 Å². The van der Waals surface area contributed by atoms with Crippen LogP contribution in [0.25, 0.3) is 11.3 Å². The molecular formula is C18H19FN2O4. The van der Waals surface area contributed by atoms with Gasteiger partial charge in [0.25, 0.3) is 0 Å². The molecule has 0 unspecified atom stereocenters. The van der Waals surface area contributed by atoms with Crippen molar-refractivity contribution < 1.29 is 23.8 Å². The lowest BCUT2D eigenvalue weighted by Crippen LogP contribution is -2.32. The van der Waals surface area contributed by atoms with Crippen LogP contribution >= 0.6 is 0 Å². The van der Waals surface area contributed by atoms with Gasteiger partial charge in [-0.1, -0.05) is 0 Å². The van der Waals surface area contributed by atoms with Crippen molar-refractivity contribution in [1.82, 2.24) is 10.3 Å². The highest BCUT2D eigenvalue weighted by atomic mass is 19.1. The number of hydrogen-bond acceptors (Lipinski definition) is 4. The number of nitrogens with one attached hydrogen (secondary N) is 1. The Morgan fingerprint density at radius 3 is 2.44 bits per heavy atom. The molecule has 0 fully saturated rings.